The predicted molar refractivity (Wildman–Crippen MR) is 87.3 cm³/mol. The van der Waals surface area contributed by atoms with Crippen LogP contribution in [-0.2, 0) is 21.3 Å². The van der Waals surface area contributed by atoms with Gasteiger partial charge in [0, 0.05) is 24.6 Å². The van der Waals surface area contributed by atoms with Gasteiger partial charge in [0.2, 0.25) is 10.0 Å². The molecule has 0 aromatic carbocycles. The van der Waals surface area contributed by atoms with Gasteiger partial charge >= 0.3 is 0 Å². The summed E-state index contributed by atoms with van der Waals surface area (Å²) in [5.74, 6) is 0. The van der Waals surface area contributed by atoms with Crippen molar-refractivity contribution in [1.29, 1.82) is 0 Å². The maximum Gasteiger partial charge on any atom is 0.242 e. The Morgan fingerprint density at radius 1 is 1.33 bits per heavy atom. The van der Waals surface area contributed by atoms with Gasteiger partial charge in [0.1, 0.15) is 4.90 Å². The van der Waals surface area contributed by atoms with Crippen molar-refractivity contribution < 1.29 is 13.2 Å². The second-order valence-corrected chi connectivity index (χ2v) is 8.14. The van der Waals surface area contributed by atoms with Crippen LogP contribution in [0.15, 0.2) is 10.3 Å². The Balaban J connectivity index is 2.90. The Bertz CT molecular complexity index is 551. The van der Waals surface area contributed by atoms with Crippen LogP contribution in [0.25, 0.3) is 0 Å². The summed E-state index contributed by atoms with van der Waals surface area (Å²) < 4.78 is 33.3. The van der Waals surface area contributed by atoms with E-state index in [1.165, 1.54) is 11.3 Å². The molecule has 5 nitrogen and oxygen atoms in total. The number of ether oxygens (including phenoxy) is 1. The van der Waals surface area contributed by atoms with E-state index in [1.54, 1.807) is 0 Å². The first-order valence-electron chi connectivity index (χ1n) is 7.14. The first-order valence-corrected chi connectivity index (χ1v) is 9.51. The Hall–Kier alpha value is -0.470. The molecule has 21 heavy (non-hydrogen) atoms. The minimum absolute atomic E-state index is 0.249. The molecule has 7 heteroatoms. The van der Waals surface area contributed by atoms with Crippen molar-refractivity contribution in [3.8, 4) is 0 Å². The van der Waals surface area contributed by atoms with Gasteiger partial charge in [-0.3, -0.25) is 0 Å². The van der Waals surface area contributed by atoms with Crippen LogP contribution in [0.1, 0.15) is 38.1 Å². The minimum atomic E-state index is -3.52. The zero-order chi connectivity index (χ0) is 16.1. The van der Waals surface area contributed by atoms with E-state index in [0.29, 0.717) is 18.0 Å². The fourth-order valence-corrected chi connectivity index (χ4v) is 4.97. The van der Waals surface area contributed by atoms with Gasteiger partial charge in [0.05, 0.1) is 5.60 Å². The Kier molecular flexibility index (Phi) is 6.80. The van der Waals surface area contributed by atoms with Gasteiger partial charge in [0.15, 0.2) is 0 Å². The second kappa shape index (κ2) is 7.69. The molecule has 0 amide bonds. The van der Waals surface area contributed by atoms with Crippen LogP contribution in [0, 0.1) is 6.92 Å². The minimum Gasteiger partial charge on any atom is -0.375 e. The van der Waals surface area contributed by atoms with E-state index >= 15 is 0 Å². The Morgan fingerprint density at radius 2 is 2.00 bits per heavy atom. The summed E-state index contributed by atoms with van der Waals surface area (Å²) in [5, 5.41) is 5.06. The number of nitrogens with one attached hydrogen (secondary N) is 2. The molecule has 0 aliphatic heterocycles. The molecule has 0 radical (unpaired) electrons. The van der Waals surface area contributed by atoms with Crippen molar-refractivity contribution in [1.82, 2.24) is 10.0 Å². The van der Waals surface area contributed by atoms with Gasteiger partial charge in [-0.15, -0.1) is 11.3 Å². The van der Waals surface area contributed by atoms with Gasteiger partial charge < -0.3 is 10.1 Å². The Morgan fingerprint density at radius 3 is 2.57 bits per heavy atom. The number of hydrogen-bond acceptors (Lipinski definition) is 5. The number of sulfonamides is 1. The molecule has 1 aromatic rings. The molecule has 0 spiro atoms. The average molecular weight is 335 g/mol. The van der Waals surface area contributed by atoms with Crippen molar-refractivity contribution in [2.24, 2.45) is 0 Å². The van der Waals surface area contributed by atoms with Crippen LogP contribution in [0.2, 0.25) is 0 Å². The molecule has 0 bridgehead atoms. The quantitative estimate of drug-likeness (QED) is 0.727. The van der Waals surface area contributed by atoms with Crippen LogP contribution in [-0.4, -0.2) is 33.7 Å². The van der Waals surface area contributed by atoms with Crippen molar-refractivity contribution in [3.05, 3.63) is 15.8 Å². The summed E-state index contributed by atoms with van der Waals surface area (Å²) >= 11 is 1.47. The lowest BCUT2D eigenvalue weighted by Gasteiger charge is -2.25. The zero-order valence-corrected chi connectivity index (χ0v) is 15.1. The molecule has 0 aliphatic carbocycles. The summed E-state index contributed by atoms with van der Waals surface area (Å²) in [7, 11) is -3.52. The number of hydrogen-bond donors (Lipinski definition) is 2. The topological polar surface area (TPSA) is 67.4 Å². The number of thiophene rings is 1. The van der Waals surface area contributed by atoms with Crippen molar-refractivity contribution in [2.45, 2.75) is 51.7 Å². The van der Waals surface area contributed by atoms with E-state index in [1.807, 2.05) is 40.0 Å². The largest absolute Gasteiger partial charge is 0.375 e. The van der Waals surface area contributed by atoms with Crippen LogP contribution in [0.3, 0.4) is 0 Å². The summed E-state index contributed by atoms with van der Waals surface area (Å²) in [5.41, 5.74) is 0.266. The van der Waals surface area contributed by atoms with E-state index in [-0.39, 0.29) is 6.54 Å². The molecule has 1 heterocycles. The van der Waals surface area contributed by atoms with E-state index in [4.69, 9.17) is 4.74 Å². The summed E-state index contributed by atoms with van der Waals surface area (Å²) in [4.78, 5) is 1.25. The molecule has 0 saturated heterocycles. The Labute approximate surface area is 132 Å². The van der Waals surface area contributed by atoms with Crippen molar-refractivity contribution >= 4 is 21.4 Å². The predicted octanol–water partition coefficient (Wildman–Crippen LogP) is 2.26. The SMILES string of the molecule is CCNCc1scc(C)c1S(=O)(=O)NCC(C)(C)OCC. The van der Waals surface area contributed by atoms with Crippen molar-refractivity contribution in [3.63, 3.8) is 0 Å². The third-order valence-electron chi connectivity index (χ3n) is 3.02. The number of rotatable bonds is 9. The zero-order valence-electron chi connectivity index (χ0n) is 13.4. The molecule has 1 rings (SSSR count). The third kappa shape index (κ3) is 5.34. The average Bonchev–Trinajstić information content (AvgIpc) is 2.76. The molecular formula is C14H26N2O3S2. The lowest BCUT2D eigenvalue weighted by molar-refractivity contribution is -0.00515. The van der Waals surface area contributed by atoms with E-state index < -0.39 is 15.6 Å². The van der Waals surface area contributed by atoms with Crippen LogP contribution < -0.4 is 10.0 Å². The van der Waals surface area contributed by atoms with E-state index in [0.717, 1.165) is 17.0 Å². The van der Waals surface area contributed by atoms with Crippen molar-refractivity contribution in [2.75, 3.05) is 19.7 Å². The molecule has 1 aromatic heterocycles. The van der Waals surface area contributed by atoms with Gasteiger partial charge in [-0.1, -0.05) is 6.92 Å². The molecule has 0 atom stereocenters. The highest BCUT2D eigenvalue weighted by atomic mass is 32.2. The first-order chi connectivity index (χ1) is 9.73. The van der Waals surface area contributed by atoms with Gasteiger partial charge in [-0.25, -0.2) is 13.1 Å². The summed E-state index contributed by atoms with van der Waals surface area (Å²) in [6.45, 7) is 11.6. The lowest BCUT2D eigenvalue weighted by atomic mass is 10.1. The second-order valence-electron chi connectivity index (χ2n) is 5.47. The maximum absolute atomic E-state index is 12.6. The fourth-order valence-electron chi connectivity index (χ4n) is 1.99. The molecular weight excluding hydrogens is 308 g/mol. The maximum atomic E-state index is 12.6. The monoisotopic (exact) mass is 334 g/mol. The number of aryl methyl sites for hydroxylation is 1. The summed E-state index contributed by atoms with van der Waals surface area (Å²) in [6.07, 6.45) is 0. The fraction of sp³-hybridized carbons (Fsp3) is 0.714. The normalized spacial score (nSPS) is 12.8. The van der Waals surface area contributed by atoms with Gasteiger partial charge in [-0.2, -0.15) is 0 Å². The van der Waals surface area contributed by atoms with Gasteiger partial charge in [0.25, 0.3) is 0 Å². The molecule has 2 N–H and O–H groups in total. The highest BCUT2D eigenvalue weighted by Gasteiger charge is 2.26. The van der Waals surface area contributed by atoms with Crippen LogP contribution >= 0.6 is 11.3 Å². The highest BCUT2D eigenvalue weighted by Crippen LogP contribution is 2.27. The molecule has 0 unspecified atom stereocenters. The third-order valence-corrected chi connectivity index (χ3v) is 5.88. The molecule has 122 valence electrons. The van der Waals surface area contributed by atoms with E-state index in [9.17, 15) is 8.42 Å². The molecule has 0 aliphatic rings. The smallest absolute Gasteiger partial charge is 0.242 e. The lowest BCUT2D eigenvalue weighted by Crippen LogP contribution is -2.40. The summed E-state index contributed by atoms with van der Waals surface area (Å²) in [6, 6.07) is 0. The van der Waals surface area contributed by atoms with Crippen LogP contribution in [0.4, 0.5) is 0 Å². The highest BCUT2D eigenvalue weighted by molar-refractivity contribution is 7.89. The molecule has 0 fully saturated rings. The standard InChI is InChI=1S/C14H26N2O3S2/c1-6-15-8-12-13(11(3)9-20-12)21(17,18)16-10-14(4,5)19-7-2/h9,15-16H,6-8,10H2,1-5H3. The molecule has 0 saturated carbocycles. The van der Waals surface area contributed by atoms with Crippen LogP contribution in [0.5, 0.6) is 0 Å². The van der Waals surface area contributed by atoms with E-state index in [2.05, 4.69) is 10.0 Å². The first kappa shape index (κ1) is 18.6. The van der Waals surface area contributed by atoms with Gasteiger partial charge in [-0.05, 0) is 45.2 Å².